The summed E-state index contributed by atoms with van der Waals surface area (Å²) in [6.07, 6.45) is 7.51. The highest BCUT2D eigenvalue weighted by Crippen LogP contribution is 2.41. The molecule has 0 saturated heterocycles. The van der Waals surface area contributed by atoms with Crippen LogP contribution >= 0.6 is 0 Å². The minimum absolute atomic E-state index is 0.133. The Morgan fingerprint density at radius 3 is 2.52 bits per heavy atom. The van der Waals surface area contributed by atoms with Gasteiger partial charge in [-0.25, -0.2) is 0 Å². The topological polar surface area (TPSA) is 64.3 Å². The summed E-state index contributed by atoms with van der Waals surface area (Å²) in [7, 11) is 1.67. The van der Waals surface area contributed by atoms with Gasteiger partial charge in [-0.15, -0.1) is 0 Å². The fourth-order valence-corrected chi connectivity index (χ4v) is 3.67. The lowest BCUT2D eigenvalue weighted by Crippen LogP contribution is -2.38. The first-order valence-electron chi connectivity index (χ1n) is 8.86. The molecule has 1 amide bonds. The molecule has 1 aromatic rings. The van der Waals surface area contributed by atoms with Crippen LogP contribution in [0.5, 0.6) is 5.75 Å². The average Bonchev–Trinajstić information content (AvgIpc) is 3.40. The number of amides is 1. The quantitative estimate of drug-likeness (QED) is 0.847. The molecule has 1 aromatic carbocycles. The molecule has 0 bridgehead atoms. The van der Waals surface area contributed by atoms with Gasteiger partial charge in [-0.05, 0) is 55.2 Å². The van der Waals surface area contributed by atoms with Gasteiger partial charge in [-0.1, -0.05) is 25.0 Å². The Bertz CT molecular complexity index is 525. The van der Waals surface area contributed by atoms with Crippen LogP contribution in [0.3, 0.4) is 0 Å². The monoisotopic (exact) mass is 316 g/mol. The fraction of sp³-hybridized carbons (Fsp3) is 0.632. The second kappa shape index (κ2) is 7.35. The van der Waals surface area contributed by atoms with Gasteiger partial charge < -0.3 is 15.8 Å². The Kier molecular flexibility index (Phi) is 5.21. The summed E-state index contributed by atoms with van der Waals surface area (Å²) in [6.45, 7) is 0. The molecule has 4 heteroatoms. The summed E-state index contributed by atoms with van der Waals surface area (Å²) < 4.78 is 5.22. The van der Waals surface area contributed by atoms with Gasteiger partial charge in [-0.3, -0.25) is 4.79 Å². The summed E-state index contributed by atoms with van der Waals surface area (Å²) >= 11 is 0. The lowest BCUT2D eigenvalue weighted by molar-refractivity contribution is -0.123. The Morgan fingerprint density at radius 2 is 1.91 bits per heavy atom. The maximum atomic E-state index is 12.5. The minimum Gasteiger partial charge on any atom is -0.497 e. The number of ether oxygens (including phenoxy) is 1. The van der Waals surface area contributed by atoms with E-state index in [2.05, 4.69) is 17.4 Å². The number of carbonyl (C=O) groups excluding carboxylic acids is 1. The third kappa shape index (κ3) is 4.25. The van der Waals surface area contributed by atoms with Crippen LogP contribution < -0.4 is 15.8 Å². The van der Waals surface area contributed by atoms with Crippen LogP contribution in [0.2, 0.25) is 0 Å². The second-order valence-electron chi connectivity index (χ2n) is 7.07. The van der Waals surface area contributed by atoms with E-state index in [0.29, 0.717) is 18.3 Å². The van der Waals surface area contributed by atoms with Gasteiger partial charge in [-0.2, -0.15) is 0 Å². The molecular weight excluding hydrogens is 288 g/mol. The number of hydrogen-bond acceptors (Lipinski definition) is 3. The Balaban J connectivity index is 1.61. The molecule has 0 heterocycles. The summed E-state index contributed by atoms with van der Waals surface area (Å²) in [5.41, 5.74) is 7.35. The number of rotatable bonds is 6. The summed E-state index contributed by atoms with van der Waals surface area (Å²) in [5, 5.41) is 3.27. The maximum absolute atomic E-state index is 12.5. The Labute approximate surface area is 138 Å². The highest BCUT2D eigenvalue weighted by molar-refractivity contribution is 5.77. The SMILES string of the molecule is COc1ccc(C(NC(=O)CC2CCCCC2N)C2CC2)cc1. The lowest BCUT2D eigenvalue weighted by atomic mass is 9.83. The normalized spacial score (nSPS) is 25.7. The molecule has 0 spiro atoms. The predicted octanol–water partition coefficient (Wildman–Crippen LogP) is 3.17. The molecule has 2 fully saturated rings. The molecule has 0 aliphatic heterocycles. The number of carbonyl (C=O) groups is 1. The lowest BCUT2D eigenvalue weighted by Gasteiger charge is -2.29. The van der Waals surface area contributed by atoms with Crippen LogP contribution in [0.25, 0.3) is 0 Å². The van der Waals surface area contributed by atoms with Crippen molar-refractivity contribution >= 4 is 5.91 Å². The van der Waals surface area contributed by atoms with Gasteiger partial charge in [0.15, 0.2) is 0 Å². The van der Waals surface area contributed by atoms with Crippen LogP contribution in [0.1, 0.15) is 56.6 Å². The van der Waals surface area contributed by atoms with E-state index in [0.717, 1.165) is 18.6 Å². The molecule has 23 heavy (non-hydrogen) atoms. The van der Waals surface area contributed by atoms with Crippen molar-refractivity contribution in [3.8, 4) is 5.75 Å². The Hall–Kier alpha value is -1.55. The highest BCUT2D eigenvalue weighted by Gasteiger charge is 2.34. The van der Waals surface area contributed by atoms with E-state index in [9.17, 15) is 4.79 Å². The van der Waals surface area contributed by atoms with Crippen LogP contribution in [-0.2, 0) is 4.79 Å². The van der Waals surface area contributed by atoms with Crippen molar-refractivity contribution in [2.45, 2.75) is 57.0 Å². The molecular formula is C19H28N2O2. The van der Waals surface area contributed by atoms with Crippen molar-refractivity contribution in [1.29, 1.82) is 0 Å². The highest BCUT2D eigenvalue weighted by atomic mass is 16.5. The van der Waals surface area contributed by atoms with E-state index in [1.54, 1.807) is 7.11 Å². The third-order valence-electron chi connectivity index (χ3n) is 5.30. The molecule has 3 atom stereocenters. The van der Waals surface area contributed by atoms with Crippen LogP contribution in [0, 0.1) is 11.8 Å². The molecule has 0 aromatic heterocycles. The molecule has 4 nitrogen and oxygen atoms in total. The number of hydrogen-bond donors (Lipinski definition) is 2. The van der Waals surface area contributed by atoms with Gasteiger partial charge >= 0.3 is 0 Å². The van der Waals surface area contributed by atoms with Gasteiger partial charge in [0, 0.05) is 12.5 Å². The van der Waals surface area contributed by atoms with Crippen molar-refractivity contribution in [2.75, 3.05) is 7.11 Å². The third-order valence-corrected chi connectivity index (χ3v) is 5.30. The van der Waals surface area contributed by atoms with E-state index >= 15 is 0 Å². The second-order valence-corrected chi connectivity index (χ2v) is 7.07. The molecule has 2 saturated carbocycles. The standard InChI is InChI=1S/C19H28N2O2/c1-23-16-10-8-14(9-11-16)19(13-6-7-13)21-18(22)12-15-4-2-3-5-17(15)20/h8-11,13,15,17,19H,2-7,12,20H2,1H3,(H,21,22). The average molecular weight is 316 g/mol. The van der Waals surface area contributed by atoms with Crippen molar-refractivity contribution in [3.63, 3.8) is 0 Å². The first kappa shape index (κ1) is 16.3. The molecule has 3 N–H and O–H groups in total. The summed E-state index contributed by atoms with van der Waals surface area (Å²) in [4.78, 5) is 12.5. The van der Waals surface area contributed by atoms with Gasteiger partial charge in [0.2, 0.25) is 5.91 Å². The van der Waals surface area contributed by atoms with Gasteiger partial charge in [0.25, 0.3) is 0 Å². The number of nitrogens with two attached hydrogens (primary N) is 1. The molecule has 2 aliphatic carbocycles. The molecule has 3 rings (SSSR count). The predicted molar refractivity (Wildman–Crippen MR) is 91.2 cm³/mol. The number of methoxy groups -OCH3 is 1. The Morgan fingerprint density at radius 1 is 1.22 bits per heavy atom. The minimum atomic E-state index is 0.133. The van der Waals surface area contributed by atoms with Crippen molar-refractivity contribution in [3.05, 3.63) is 29.8 Å². The van der Waals surface area contributed by atoms with E-state index < -0.39 is 0 Å². The van der Waals surface area contributed by atoms with Gasteiger partial charge in [0.05, 0.1) is 13.2 Å². The first-order chi connectivity index (χ1) is 11.2. The number of benzene rings is 1. The summed E-state index contributed by atoms with van der Waals surface area (Å²) in [6, 6.07) is 8.38. The first-order valence-corrected chi connectivity index (χ1v) is 8.86. The molecule has 126 valence electrons. The van der Waals surface area contributed by atoms with Gasteiger partial charge in [0.1, 0.15) is 5.75 Å². The van der Waals surface area contributed by atoms with Crippen molar-refractivity contribution in [2.24, 2.45) is 17.6 Å². The van der Waals surface area contributed by atoms with E-state index in [1.807, 2.05) is 12.1 Å². The van der Waals surface area contributed by atoms with Crippen molar-refractivity contribution < 1.29 is 9.53 Å². The zero-order chi connectivity index (χ0) is 16.2. The van der Waals surface area contributed by atoms with Crippen LogP contribution in [0.15, 0.2) is 24.3 Å². The molecule has 3 unspecified atom stereocenters. The zero-order valence-corrected chi connectivity index (χ0v) is 14.0. The van der Waals surface area contributed by atoms with Crippen LogP contribution in [0.4, 0.5) is 0 Å². The largest absolute Gasteiger partial charge is 0.497 e. The van der Waals surface area contributed by atoms with E-state index in [-0.39, 0.29) is 18.0 Å². The fourth-order valence-electron chi connectivity index (χ4n) is 3.67. The van der Waals surface area contributed by atoms with E-state index in [1.165, 1.54) is 31.2 Å². The molecule has 0 radical (unpaired) electrons. The summed E-state index contributed by atoms with van der Waals surface area (Å²) in [5.74, 6) is 1.93. The van der Waals surface area contributed by atoms with E-state index in [4.69, 9.17) is 10.5 Å². The smallest absolute Gasteiger partial charge is 0.220 e. The van der Waals surface area contributed by atoms with Crippen molar-refractivity contribution in [1.82, 2.24) is 5.32 Å². The zero-order valence-electron chi connectivity index (χ0n) is 14.0. The van der Waals surface area contributed by atoms with Crippen LogP contribution in [-0.4, -0.2) is 19.1 Å². The number of nitrogens with one attached hydrogen (secondary N) is 1. The molecule has 2 aliphatic rings. The maximum Gasteiger partial charge on any atom is 0.220 e.